The smallest absolute Gasteiger partial charge is 0.408 e. The third-order valence-corrected chi connectivity index (χ3v) is 7.37. The van der Waals surface area contributed by atoms with Gasteiger partial charge in [0.25, 0.3) is 5.69 Å². The number of nitro benzene ring substituents is 1. The van der Waals surface area contributed by atoms with Gasteiger partial charge in [-0.1, -0.05) is 0 Å². The van der Waals surface area contributed by atoms with Crippen LogP contribution in [0, 0.1) is 10.1 Å². The second-order valence-electron chi connectivity index (χ2n) is 7.41. The van der Waals surface area contributed by atoms with Crippen molar-refractivity contribution in [3.63, 3.8) is 0 Å². The fourth-order valence-corrected chi connectivity index (χ4v) is 5.14. The van der Waals surface area contributed by atoms with Crippen molar-refractivity contribution in [3.8, 4) is 0 Å². The maximum atomic E-state index is 13.1. The zero-order valence-electron chi connectivity index (χ0n) is 17.1. The lowest BCUT2D eigenvalue weighted by Gasteiger charge is -2.35. The fraction of sp³-hybridized carbons (Fsp3) is 0.316. The van der Waals surface area contributed by atoms with Crippen LogP contribution < -0.4 is 10.7 Å². The molecule has 33 heavy (non-hydrogen) atoms. The van der Waals surface area contributed by atoms with E-state index in [0.717, 1.165) is 12.1 Å². The molecule has 0 saturated carbocycles. The lowest BCUT2D eigenvalue weighted by molar-refractivity contribution is -0.384. The van der Waals surface area contributed by atoms with Crippen molar-refractivity contribution >= 4 is 32.5 Å². The molecule has 1 aliphatic rings. The predicted octanol–water partition coefficient (Wildman–Crippen LogP) is 2.57. The number of nitrogens with zero attached hydrogens (tertiary/aromatic N) is 4. The first-order valence-corrected chi connectivity index (χ1v) is 11.0. The fourth-order valence-electron chi connectivity index (χ4n) is 3.70. The van der Waals surface area contributed by atoms with Crippen LogP contribution in [0.2, 0.25) is 0 Å². The Morgan fingerprint density at radius 2 is 1.73 bits per heavy atom. The normalized spacial score (nSPS) is 15.8. The minimum Gasteiger partial charge on any atom is -0.408 e. The van der Waals surface area contributed by atoms with Gasteiger partial charge >= 0.3 is 11.9 Å². The first-order chi connectivity index (χ1) is 15.4. The van der Waals surface area contributed by atoms with Crippen LogP contribution in [0.1, 0.15) is 5.56 Å². The van der Waals surface area contributed by atoms with Gasteiger partial charge < -0.3 is 9.32 Å². The maximum Gasteiger partial charge on any atom is 0.419 e. The van der Waals surface area contributed by atoms with Gasteiger partial charge in [-0.3, -0.25) is 14.7 Å². The summed E-state index contributed by atoms with van der Waals surface area (Å²) in [5.74, 6) is -0.633. The van der Waals surface area contributed by atoms with E-state index in [1.165, 1.54) is 39.0 Å². The highest BCUT2D eigenvalue weighted by Gasteiger charge is 2.35. The van der Waals surface area contributed by atoms with E-state index < -0.39 is 38.1 Å². The molecule has 3 aromatic rings. The molecule has 1 aliphatic heterocycles. The van der Waals surface area contributed by atoms with Crippen molar-refractivity contribution < 1.29 is 30.9 Å². The van der Waals surface area contributed by atoms with Crippen molar-refractivity contribution in [1.29, 1.82) is 0 Å². The van der Waals surface area contributed by atoms with Crippen molar-refractivity contribution in [3.05, 3.63) is 62.6 Å². The summed E-state index contributed by atoms with van der Waals surface area (Å²) in [6, 6.07) is 6.28. The summed E-state index contributed by atoms with van der Waals surface area (Å²) in [6.07, 6.45) is -4.73. The molecule has 14 heteroatoms. The summed E-state index contributed by atoms with van der Waals surface area (Å²) >= 11 is 0. The van der Waals surface area contributed by atoms with Gasteiger partial charge in [-0.2, -0.15) is 17.5 Å². The zero-order chi connectivity index (χ0) is 24.1. The van der Waals surface area contributed by atoms with Crippen LogP contribution in [0.25, 0.3) is 11.1 Å². The highest BCUT2D eigenvalue weighted by atomic mass is 32.2. The summed E-state index contributed by atoms with van der Waals surface area (Å²) in [6.45, 7) is 0.00147. The second-order valence-corrected chi connectivity index (χ2v) is 9.34. The van der Waals surface area contributed by atoms with E-state index in [9.17, 15) is 36.5 Å². The number of aromatic nitrogens is 1. The van der Waals surface area contributed by atoms with Crippen molar-refractivity contribution in [2.24, 2.45) is 7.05 Å². The second kappa shape index (κ2) is 7.88. The van der Waals surface area contributed by atoms with Crippen LogP contribution in [-0.4, -0.2) is 48.4 Å². The average Bonchev–Trinajstić information content (AvgIpc) is 3.05. The van der Waals surface area contributed by atoms with E-state index in [0.29, 0.717) is 11.6 Å². The number of sulfonamides is 1. The number of piperazine rings is 1. The summed E-state index contributed by atoms with van der Waals surface area (Å²) < 4.78 is 72.3. The van der Waals surface area contributed by atoms with E-state index in [2.05, 4.69) is 0 Å². The summed E-state index contributed by atoms with van der Waals surface area (Å²) in [5, 5.41) is 11.4. The first kappa shape index (κ1) is 22.8. The third kappa shape index (κ3) is 4.06. The number of alkyl halides is 3. The lowest BCUT2D eigenvalue weighted by atomic mass is 10.1. The van der Waals surface area contributed by atoms with Crippen LogP contribution in [0.3, 0.4) is 0 Å². The third-order valence-electron chi connectivity index (χ3n) is 5.48. The Balaban J connectivity index is 1.57. The Labute approximate surface area is 184 Å². The molecule has 0 unspecified atom stereocenters. The predicted molar refractivity (Wildman–Crippen MR) is 111 cm³/mol. The van der Waals surface area contributed by atoms with Gasteiger partial charge in [0.1, 0.15) is 5.69 Å². The molecule has 0 radical (unpaired) electrons. The Hall–Kier alpha value is -3.39. The van der Waals surface area contributed by atoms with E-state index in [4.69, 9.17) is 4.42 Å². The minimum absolute atomic E-state index is 0.0140. The highest BCUT2D eigenvalue weighted by Crippen LogP contribution is 2.37. The molecule has 10 nitrogen and oxygen atoms in total. The van der Waals surface area contributed by atoms with Crippen LogP contribution in [0.4, 0.5) is 24.5 Å². The molecule has 0 amide bonds. The van der Waals surface area contributed by atoms with Crippen molar-refractivity contribution in [2.45, 2.75) is 11.1 Å². The average molecular weight is 486 g/mol. The summed E-state index contributed by atoms with van der Waals surface area (Å²) in [5.41, 5.74) is -1.31. The molecule has 0 atom stereocenters. The lowest BCUT2D eigenvalue weighted by Crippen LogP contribution is -2.48. The number of hydrogen-bond acceptors (Lipinski definition) is 7. The SMILES string of the molecule is Cn1c(=O)oc2ccc(S(=O)(=O)N3CCN(c4ccc(C(F)(F)F)cc4[N+](=O)[O-])CC3)cc21. The highest BCUT2D eigenvalue weighted by molar-refractivity contribution is 7.89. The number of nitro groups is 1. The number of fused-ring (bicyclic) bond motifs is 1. The summed E-state index contributed by atoms with van der Waals surface area (Å²) in [7, 11) is -2.51. The Morgan fingerprint density at radius 1 is 1.06 bits per heavy atom. The van der Waals surface area contributed by atoms with E-state index in [-0.39, 0.29) is 42.3 Å². The van der Waals surface area contributed by atoms with E-state index >= 15 is 0 Å². The molecule has 1 saturated heterocycles. The van der Waals surface area contributed by atoms with Crippen molar-refractivity contribution in [2.75, 3.05) is 31.1 Å². The van der Waals surface area contributed by atoms with Gasteiger partial charge in [-0.15, -0.1) is 0 Å². The van der Waals surface area contributed by atoms with Crippen LogP contribution in [0.5, 0.6) is 0 Å². The molecular weight excluding hydrogens is 469 g/mol. The molecule has 0 N–H and O–H groups in total. The number of aryl methyl sites for hydroxylation is 1. The van der Waals surface area contributed by atoms with Gasteiger partial charge in [0.2, 0.25) is 10.0 Å². The monoisotopic (exact) mass is 486 g/mol. The van der Waals surface area contributed by atoms with Crippen LogP contribution in [-0.2, 0) is 23.2 Å². The molecule has 1 aromatic heterocycles. The van der Waals surface area contributed by atoms with Crippen LogP contribution in [0.15, 0.2) is 50.5 Å². The largest absolute Gasteiger partial charge is 0.419 e. The number of rotatable bonds is 4. The Kier molecular flexibility index (Phi) is 5.44. The Bertz CT molecular complexity index is 1410. The van der Waals surface area contributed by atoms with Crippen LogP contribution >= 0.6 is 0 Å². The Morgan fingerprint density at radius 3 is 2.33 bits per heavy atom. The van der Waals surface area contributed by atoms with E-state index in [1.54, 1.807) is 0 Å². The van der Waals surface area contributed by atoms with Gasteiger partial charge in [0.05, 0.1) is 20.9 Å². The number of hydrogen-bond donors (Lipinski definition) is 0. The standard InChI is InChI=1S/C19H17F3N4O6S/c1-23-16-11-13(3-5-17(16)32-18(23)27)33(30,31)25-8-6-24(7-9-25)14-4-2-12(19(20,21)22)10-15(14)26(28)29/h2-5,10-11H,6-9H2,1H3. The number of anilines is 1. The molecule has 1 fully saturated rings. The topological polar surface area (TPSA) is 119 Å². The number of oxazole rings is 1. The van der Waals surface area contributed by atoms with Gasteiger partial charge in [-0.05, 0) is 30.3 Å². The molecule has 176 valence electrons. The molecule has 2 heterocycles. The quantitative estimate of drug-likeness (QED) is 0.411. The molecule has 4 rings (SSSR count). The van der Waals surface area contributed by atoms with E-state index in [1.807, 2.05) is 0 Å². The minimum atomic E-state index is -4.73. The molecule has 0 spiro atoms. The van der Waals surface area contributed by atoms with Gasteiger partial charge in [0.15, 0.2) is 5.58 Å². The number of benzene rings is 2. The summed E-state index contributed by atoms with van der Waals surface area (Å²) in [4.78, 5) is 23.5. The molecular formula is C19H17F3N4O6S. The molecule has 0 aliphatic carbocycles. The first-order valence-electron chi connectivity index (χ1n) is 9.60. The van der Waals surface area contributed by atoms with Crippen molar-refractivity contribution in [1.82, 2.24) is 8.87 Å². The number of halogens is 3. The maximum absolute atomic E-state index is 13.1. The zero-order valence-corrected chi connectivity index (χ0v) is 17.9. The van der Waals surface area contributed by atoms with Gasteiger partial charge in [-0.25, -0.2) is 13.2 Å². The van der Waals surface area contributed by atoms with Gasteiger partial charge in [0, 0.05) is 39.3 Å². The molecule has 0 bridgehead atoms. The molecule has 2 aromatic carbocycles.